The first-order valence-corrected chi connectivity index (χ1v) is 5.90. The zero-order valence-electron chi connectivity index (χ0n) is 9.13. The Balaban J connectivity index is 2.44. The van der Waals surface area contributed by atoms with Crippen LogP contribution >= 0.6 is 23.2 Å². The van der Waals surface area contributed by atoms with Crippen molar-refractivity contribution in [2.75, 3.05) is 0 Å². The van der Waals surface area contributed by atoms with E-state index in [1.165, 1.54) is 30.3 Å². The standard InChI is InChI=1S/C13H9Cl2F2N/c14-10-4-2-8(16)6-9(10)13(18)7-1-3-11(15)12(17)5-7/h1-6,13H,18H2. The second-order valence-electron chi connectivity index (χ2n) is 3.82. The molecule has 0 saturated heterocycles. The molecule has 0 fully saturated rings. The Morgan fingerprint density at radius 3 is 2.28 bits per heavy atom. The fourth-order valence-corrected chi connectivity index (χ4v) is 1.99. The lowest BCUT2D eigenvalue weighted by molar-refractivity contribution is 0.620. The fraction of sp³-hybridized carbons (Fsp3) is 0.0769. The topological polar surface area (TPSA) is 26.0 Å². The van der Waals surface area contributed by atoms with Gasteiger partial charge in [0.05, 0.1) is 11.1 Å². The van der Waals surface area contributed by atoms with Crippen LogP contribution in [0.2, 0.25) is 10.0 Å². The minimum absolute atomic E-state index is 0.0105. The van der Waals surface area contributed by atoms with Crippen molar-refractivity contribution >= 4 is 23.2 Å². The highest BCUT2D eigenvalue weighted by atomic mass is 35.5. The van der Waals surface area contributed by atoms with E-state index >= 15 is 0 Å². The Kier molecular flexibility index (Phi) is 3.85. The zero-order chi connectivity index (χ0) is 13.3. The number of rotatable bonds is 2. The summed E-state index contributed by atoms with van der Waals surface area (Å²) in [6.07, 6.45) is 0. The Labute approximate surface area is 113 Å². The third-order valence-corrected chi connectivity index (χ3v) is 3.25. The van der Waals surface area contributed by atoms with Crippen LogP contribution in [0.5, 0.6) is 0 Å². The molecule has 0 aromatic heterocycles. The van der Waals surface area contributed by atoms with Crippen LogP contribution in [0.15, 0.2) is 36.4 Å². The number of halogens is 4. The molecule has 0 aliphatic heterocycles. The Hall–Kier alpha value is -1.16. The quantitative estimate of drug-likeness (QED) is 0.875. The maximum absolute atomic E-state index is 13.3. The van der Waals surface area contributed by atoms with Crippen LogP contribution in [-0.2, 0) is 0 Å². The molecule has 18 heavy (non-hydrogen) atoms. The number of hydrogen-bond acceptors (Lipinski definition) is 1. The SMILES string of the molecule is NC(c1ccc(Cl)c(F)c1)c1cc(F)ccc1Cl. The first-order chi connectivity index (χ1) is 8.49. The number of benzene rings is 2. The third kappa shape index (κ3) is 2.64. The van der Waals surface area contributed by atoms with Gasteiger partial charge >= 0.3 is 0 Å². The van der Waals surface area contributed by atoms with Crippen molar-refractivity contribution in [2.45, 2.75) is 6.04 Å². The molecule has 2 rings (SSSR count). The summed E-state index contributed by atoms with van der Waals surface area (Å²) in [6.45, 7) is 0. The Bertz CT molecular complexity index is 587. The molecule has 0 radical (unpaired) electrons. The minimum Gasteiger partial charge on any atom is -0.320 e. The van der Waals surface area contributed by atoms with Crippen LogP contribution in [0.4, 0.5) is 8.78 Å². The van der Waals surface area contributed by atoms with Gasteiger partial charge in [-0.05, 0) is 41.5 Å². The van der Waals surface area contributed by atoms with Crippen LogP contribution in [0.1, 0.15) is 17.2 Å². The van der Waals surface area contributed by atoms with E-state index in [0.717, 1.165) is 0 Å². The molecule has 0 bridgehead atoms. The van der Waals surface area contributed by atoms with Crippen LogP contribution in [-0.4, -0.2) is 0 Å². The maximum atomic E-state index is 13.3. The van der Waals surface area contributed by atoms with Gasteiger partial charge in [-0.25, -0.2) is 8.78 Å². The largest absolute Gasteiger partial charge is 0.320 e. The molecular formula is C13H9Cl2F2N. The predicted molar refractivity (Wildman–Crippen MR) is 68.9 cm³/mol. The average Bonchev–Trinajstić information content (AvgIpc) is 2.35. The van der Waals surface area contributed by atoms with Gasteiger partial charge in [-0.1, -0.05) is 29.3 Å². The molecule has 0 saturated carbocycles. The Morgan fingerprint density at radius 1 is 0.944 bits per heavy atom. The van der Waals surface area contributed by atoms with E-state index in [1.807, 2.05) is 0 Å². The van der Waals surface area contributed by atoms with Crippen LogP contribution in [0.25, 0.3) is 0 Å². The molecule has 0 amide bonds. The lowest BCUT2D eigenvalue weighted by Gasteiger charge is -2.14. The van der Waals surface area contributed by atoms with Crippen molar-refractivity contribution < 1.29 is 8.78 Å². The summed E-state index contributed by atoms with van der Waals surface area (Å²) in [5.41, 5.74) is 6.82. The van der Waals surface area contributed by atoms with Crippen molar-refractivity contribution in [3.63, 3.8) is 0 Å². The van der Waals surface area contributed by atoms with E-state index in [1.54, 1.807) is 6.07 Å². The second kappa shape index (κ2) is 5.22. The molecule has 0 heterocycles. The number of nitrogens with two attached hydrogens (primary N) is 1. The zero-order valence-corrected chi connectivity index (χ0v) is 10.6. The molecule has 2 N–H and O–H groups in total. The van der Waals surface area contributed by atoms with E-state index in [-0.39, 0.29) is 5.02 Å². The lowest BCUT2D eigenvalue weighted by Crippen LogP contribution is -2.13. The van der Waals surface area contributed by atoms with Gasteiger partial charge in [0.15, 0.2) is 0 Å². The molecular weight excluding hydrogens is 279 g/mol. The van der Waals surface area contributed by atoms with Gasteiger partial charge in [-0.15, -0.1) is 0 Å². The first-order valence-electron chi connectivity index (χ1n) is 5.14. The van der Waals surface area contributed by atoms with E-state index < -0.39 is 17.7 Å². The molecule has 1 atom stereocenters. The Morgan fingerprint density at radius 2 is 1.61 bits per heavy atom. The van der Waals surface area contributed by atoms with Gasteiger partial charge < -0.3 is 5.73 Å². The van der Waals surface area contributed by atoms with E-state index in [4.69, 9.17) is 28.9 Å². The molecule has 0 spiro atoms. The molecule has 94 valence electrons. The average molecular weight is 288 g/mol. The van der Waals surface area contributed by atoms with Crippen molar-refractivity contribution in [3.05, 3.63) is 69.2 Å². The van der Waals surface area contributed by atoms with Gasteiger partial charge in [-0.2, -0.15) is 0 Å². The molecule has 0 aliphatic carbocycles. The highest BCUT2D eigenvalue weighted by molar-refractivity contribution is 6.31. The summed E-state index contributed by atoms with van der Waals surface area (Å²) in [6, 6.07) is 7.38. The summed E-state index contributed by atoms with van der Waals surface area (Å²) in [5.74, 6) is -1.02. The molecule has 2 aromatic carbocycles. The summed E-state index contributed by atoms with van der Waals surface area (Å²) >= 11 is 11.5. The fourth-order valence-electron chi connectivity index (χ4n) is 1.64. The molecule has 1 unspecified atom stereocenters. The van der Waals surface area contributed by atoms with Crippen molar-refractivity contribution in [2.24, 2.45) is 5.73 Å². The summed E-state index contributed by atoms with van der Waals surface area (Å²) in [4.78, 5) is 0. The predicted octanol–water partition coefficient (Wildman–Crippen LogP) is 4.32. The van der Waals surface area contributed by atoms with Crippen LogP contribution in [0, 0.1) is 11.6 Å². The third-order valence-electron chi connectivity index (χ3n) is 2.60. The van der Waals surface area contributed by atoms with Crippen molar-refractivity contribution in [3.8, 4) is 0 Å². The minimum atomic E-state index is -0.708. The molecule has 2 aromatic rings. The van der Waals surface area contributed by atoms with Crippen LogP contribution in [0.3, 0.4) is 0 Å². The van der Waals surface area contributed by atoms with Crippen LogP contribution < -0.4 is 5.73 Å². The van der Waals surface area contributed by atoms with Crippen molar-refractivity contribution in [1.82, 2.24) is 0 Å². The summed E-state index contributed by atoms with van der Waals surface area (Å²) in [5, 5.41) is 0.343. The van der Waals surface area contributed by atoms with E-state index in [9.17, 15) is 8.78 Å². The first kappa shape index (κ1) is 13.3. The normalized spacial score (nSPS) is 12.5. The lowest BCUT2D eigenvalue weighted by atomic mass is 9.99. The second-order valence-corrected chi connectivity index (χ2v) is 4.63. The van der Waals surface area contributed by atoms with Gasteiger partial charge in [0, 0.05) is 5.02 Å². The number of hydrogen-bond donors (Lipinski definition) is 1. The summed E-state index contributed by atoms with van der Waals surface area (Å²) < 4.78 is 26.5. The molecule has 1 nitrogen and oxygen atoms in total. The monoisotopic (exact) mass is 287 g/mol. The maximum Gasteiger partial charge on any atom is 0.142 e. The highest BCUT2D eigenvalue weighted by Crippen LogP contribution is 2.28. The molecule has 5 heteroatoms. The van der Waals surface area contributed by atoms with E-state index in [2.05, 4.69) is 0 Å². The van der Waals surface area contributed by atoms with E-state index in [0.29, 0.717) is 16.1 Å². The molecule has 0 aliphatic rings. The van der Waals surface area contributed by atoms with Gasteiger partial charge in [-0.3, -0.25) is 0 Å². The highest BCUT2D eigenvalue weighted by Gasteiger charge is 2.15. The van der Waals surface area contributed by atoms with Gasteiger partial charge in [0.1, 0.15) is 11.6 Å². The van der Waals surface area contributed by atoms with Gasteiger partial charge in [0.2, 0.25) is 0 Å². The van der Waals surface area contributed by atoms with Crippen molar-refractivity contribution in [1.29, 1.82) is 0 Å². The van der Waals surface area contributed by atoms with Gasteiger partial charge in [0.25, 0.3) is 0 Å². The smallest absolute Gasteiger partial charge is 0.142 e. The summed E-state index contributed by atoms with van der Waals surface area (Å²) in [7, 11) is 0.